The summed E-state index contributed by atoms with van der Waals surface area (Å²) in [4.78, 5) is 5.67. The summed E-state index contributed by atoms with van der Waals surface area (Å²) in [7, 11) is 0. The van der Waals surface area contributed by atoms with Crippen molar-refractivity contribution in [3.05, 3.63) is 42.5 Å². The maximum atomic E-state index is 4.38. The van der Waals surface area contributed by atoms with Gasteiger partial charge >= 0.3 is 0 Å². The van der Waals surface area contributed by atoms with Crippen molar-refractivity contribution in [2.45, 2.75) is 31.3 Å². The third-order valence-electron chi connectivity index (χ3n) is 2.81. The van der Waals surface area contributed by atoms with Gasteiger partial charge in [0.05, 0.1) is 6.54 Å². The summed E-state index contributed by atoms with van der Waals surface area (Å²) >= 11 is 1.76. The van der Waals surface area contributed by atoms with Gasteiger partial charge in [0.1, 0.15) is 5.82 Å². The predicted molar refractivity (Wildman–Crippen MR) is 78.1 cm³/mol. The minimum absolute atomic E-state index is 0.769. The van der Waals surface area contributed by atoms with Crippen molar-refractivity contribution >= 4 is 17.4 Å². The molecule has 0 atom stereocenters. The molecule has 0 saturated carbocycles. The van der Waals surface area contributed by atoms with Gasteiger partial charge in [-0.1, -0.05) is 6.92 Å². The first-order valence-corrected chi connectivity index (χ1v) is 7.44. The van der Waals surface area contributed by atoms with E-state index in [0.717, 1.165) is 31.0 Å². The maximum absolute atomic E-state index is 4.38. The van der Waals surface area contributed by atoms with Crippen LogP contribution >= 0.6 is 11.8 Å². The molecule has 1 heterocycles. The molecule has 0 saturated heterocycles. The highest BCUT2D eigenvalue weighted by atomic mass is 32.2. The van der Waals surface area contributed by atoms with Gasteiger partial charge < -0.3 is 9.88 Å². The van der Waals surface area contributed by atoms with Crippen LogP contribution in [0, 0.1) is 0 Å². The van der Waals surface area contributed by atoms with Crippen molar-refractivity contribution in [3.63, 3.8) is 0 Å². The van der Waals surface area contributed by atoms with E-state index in [9.17, 15) is 0 Å². The molecule has 0 aliphatic rings. The van der Waals surface area contributed by atoms with Gasteiger partial charge in [-0.15, -0.1) is 11.8 Å². The van der Waals surface area contributed by atoms with Gasteiger partial charge in [0.25, 0.3) is 0 Å². The van der Waals surface area contributed by atoms with E-state index in [2.05, 4.69) is 52.3 Å². The van der Waals surface area contributed by atoms with Gasteiger partial charge in [0, 0.05) is 29.5 Å². The molecule has 2 aromatic rings. The topological polar surface area (TPSA) is 29.9 Å². The number of nitrogens with zero attached hydrogens (tertiary/aromatic N) is 2. The molecule has 0 unspecified atom stereocenters. The van der Waals surface area contributed by atoms with Crippen molar-refractivity contribution in [1.82, 2.24) is 9.55 Å². The van der Waals surface area contributed by atoms with Crippen molar-refractivity contribution in [1.29, 1.82) is 0 Å². The standard InChI is InChI=1S/C14H19N3S/c1-3-9-17-10-8-15-14(17)11-16-12-4-6-13(18-2)7-5-12/h4-8,10,16H,3,9,11H2,1-2H3. The first-order chi connectivity index (χ1) is 8.83. The van der Waals surface area contributed by atoms with Gasteiger partial charge in [-0.3, -0.25) is 0 Å². The van der Waals surface area contributed by atoms with Crippen molar-refractivity contribution in [2.75, 3.05) is 11.6 Å². The summed E-state index contributed by atoms with van der Waals surface area (Å²) in [5, 5.41) is 3.40. The average Bonchev–Trinajstić information content (AvgIpc) is 2.85. The van der Waals surface area contributed by atoms with Gasteiger partial charge in [0.2, 0.25) is 0 Å². The second-order valence-electron chi connectivity index (χ2n) is 4.12. The Balaban J connectivity index is 1.95. The Hall–Kier alpha value is -1.42. The average molecular weight is 261 g/mol. The van der Waals surface area contributed by atoms with E-state index < -0.39 is 0 Å². The number of benzene rings is 1. The molecule has 0 fully saturated rings. The lowest BCUT2D eigenvalue weighted by molar-refractivity contribution is 0.644. The third kappa shape index (κ3) is 3.29. The van der Waals surface area contributed by atoms with Crippen LogP contribution in [-0.4, -0.2) is 15.8 Å². The number of aryl methyl sites for hydroxylation is 1. The molecule has 0 aliphatic heterocycles. The monoisotopic (exact) mass is 261 g/mol. The van der Waals surface area contributed by atoms with E-state index in [1.807, 2.05) is 12.4 Å². The molecule has 4 heteroatoms. The van der Waals surface area contributed by atoms with Crippen molar-refractivity contribution < 1.29 is 0 Å². The summed E-state index contributed by atoms with van der Waals surface area (Å²) in [6.07, 6.45) is 7.12. The second kappa shape index (κ2) is 6.50. The number of thioether (sulfide) groups is 1. The van der Waals surface area contributed by atoms with Gasteiger partial charge in [-0.25, -0.2) is 4.98 Å². The molecule has 1 aromatic heterocycles. The van der Waals surface area contributed by atoms with Crippen LogP contribution in [0.4, 0.5) is 5.69 Å². The molecule has 2 rings (SSSR count). The summed E-state index contributed by atoms with van der Waals surface area (Å²) in [6, 6.07) is 8.48. The molecule has 0 spiro atoms. The second-order valence-corrected chi connectivity index (χ2v) is 5.00. The summed E-state index contributed by atoms with van der Waals surface area (Å²) in [5.41, 5.74) is 1.14. The summed E-state index contributed by atoms with van der Waals surface area (Å²) < 4.78 is 2.20. The van der Waals surface area contributed by atoms with Crippen molar-refractivity contribution in [3.8, 4) is 0 Å². The number of aromatic nitrogens is 2. The van der Waals surface area contributed by atoms with Crippen LogP contribution in [0.2, 0.25) is 0 Å². The minimum Gasteiger partial charge on any atom is -0.378 e. The number of rotatable bonds is 6. The van der Waals surface area contributed by atoms with E-state index in [-0.39, 0.29) is 0 Å². The highest BCUT2D eigenvalue weighted by molar-refractivity contribution is 7.98. The molecule has 1 aromatic carbocycles. The minimum atomic E-state index is 0.769. The molecular weight excluding hydrogens is 242 g/mol. The van der Waals surface area contributed by atoms with Gasteiger partial charge in [-0.05, 0) is 36.9 Å². The van der Waals surface area contributed by atoms with Crippen LogP contribution in [0.5, 0.6) is 0 Å². The van der Waals surface area contributed by atoms with Crippen LogP contribution in [-0.2, 0) is 13.1 Å². The fraction of sp³-hybridized carbons (Fsp3) is 0.357. The Morgan fingerprint density at radius 3 is 2.72 bits per heavy atom. The Labute approximate surface area is 113 Å². The molecule has 96 valence electrons. The van der Waals surface area contributed by atoms with Crippen molar-refractivity contribution in [2.24, 2.45) is 0 Å². The van der Waals surface area contributed by atoms with E-state index in [1.165, 1.54) is 4.90 Å². The molecule has 1 N–H and O–H groups in total. The molecular formula is C14H19N3S. The molecule has 3 nitrogen and oxygen atoms in total. The van der Waals surface area contributed by atoms with Crippen LogP contribution < -0.4 is 5.32 Å². The van der Waals surface area contributed by atoms with Gasteiger partial charge in [0.15, 0.2) is 0 Å². The Morgan fingerprint density at radius 2 is 2.06 bits per heavy atom. The smallest absolute Gasteiger partial charge is 0.128 e. The number of hydrogen-bond acceptors (Lipinski definition) is 3. The lowest BCUT2D eigenvalue weighted by atomic mass is 10.3. The van der Waals surface area contributed by atoms with Gasteiger partial charge in [-0.2, -0.15) is 0 Å². The molecule has 0 bridgehead atoms. The van der Waals surface area contributed by atoms with E-state index in [0.29, 0.717) is 0 Å². The predicted octanol–water partition coefficient (Wildman–Crippen LogP) is 3.63. The summed E-state index contributed by atoms with van der Waals surface area (Å²) in [6.45, 7) is 3.98. The molecule has 0 aliphatic carbocycles. The Kier molecular flexibility index (Phi) is 4.70. The normalized spacial score (nSPS) is 10.6. The lowest BCUT2D eigenvalue weighted by Crippen LogP contribution is -2.08. The third-order valence-corrected chi connectivity index (χ3v) is 3.55. The van der Waals surface area contributed by atoms with Crippen LogP contribution in [0.25, 0.3) is 0 Å². The maximum Gasteiger partial charge on any atom is 0.128 e. The Morgan fingerprint density at radius 1 is 1.28 bits per heavy atom. The first-order valence-electron chi connectivity index (χ1n) is 6.21. The Bertz CT molecular complexity index is 476. The zero-order valence-electron chi connectivity index (χ0n) is 10.9. The van der Waals surface area contributed by atoms with Crippen LogP contribution in [0.15, 0.2) is 41.6 Å². The van der Waals surface area contributed by atoms with Crippen LogP contribution in [0.1, 0.15) is 19.2 Å². The number of anilines is 1. The SMILES string of the molecule is CCCn1ccnc1CNc1ccc(SC)cc1. The van der Waals surface area contributed by atoms with E-state index in [4.69, 9.17) is 0 Å². The molecule has 0 radical (unpaired) electrons. The van der Waals surface area contributed by atoms with E-state index >= 15 is 0 Å². The fourth-order valence-corrected chi connectivity index (χ4v) is 2.25. The zero-order valence-corrected chi connectivity index (χ0v) is 11.7. The fourth-order valence-electron chi connectivity index (χ4n) is 1.84. The van der Waals surface area contributed by atoms with Crippen LogP contribution in [0.3, 0.4) is 0 Å². The highest BCUT2D eigenvalue weighted by Crippen LogP contribution is 2.17. The number of imidazole rings is 1. The first kappa shape index (κ1) is 13.0. The lowest BCUT2D eigenvalue weighted by Gasteiger charge is -2.09. The largest absolute Gasteiger partial charge is 0.378 e. The molecule has 18 heavy (non-hydrogen) atoms. The van der Waals surface area contributed by atoms with E-state index in [1.54, 1.807) is 11.8 Å². The number of hydrogen-bond donors (Lipinski definition) is 1. The zero-order chi connectivity index (χ0) is 12.8. The highest BCUT2D eigenvalue weighted by Gasteiger charge is 2.01. The quantitative estimate of drug-likeness (QED) is 0.805. The molecule has 0 amide bonds. The number of nitrogens with one attached hydrogen (secondary N) is 1. The summed E-state index contributed by atoms with van der Waals surface area (Å²) in [5.74, 6) is 1.09.